The Labute approximate surface area is 237 Å². The molecule has 40 heavy (non-hydrogen) atoms. The first kappa shape index (κ1) is 30.2. The Kier molecular flexibility index (Phi) is 12.6. The summed E-state index contributed by atoms with van der Waals surface area (Å²) in [5, 5.41) is 23.6. The van der Waals surface area contributed by atoms with Crippen LogP contribution < -0.4 is 10.6 Å². The average molecular weight is 540 g/mol. The van der Waals surface area contributed by atoms with Gasteiger partial charge in [-0.25, -0.2) is 0 Å². The number of carbonyl (C=O) groups excluding carboxylic acids is 1. The predicted octanol–water partition coefficient (Wildman–Crippen LogP) is 5.31. The molecule has 0 unspecified atom stereocenters. The summed E-state index contributed by atoms with van der Waals surface area (Å²) < 4.78 is 0. The van der Waals surface area contributed by atoms with Crippen LogP contribution in [0.4, 0.5) is 0 Å². The fourth-order valence-electron chi connectivity index (χ4n) is 4.31. The number of carbonyl (C=O) groups is 1. The highest BCUT2D eigenvalue weighted by Crippen LogP contribution is 2.15. The number of hydrogen-bond acceptors (Lipinski definition) is 5. The van der Waals surface area contributed by atoms with E-state index in [4.69, 9.17) is 10.8 Å². The summed E-state index contributed by atoms with van der Waals surface area (Å²) in [6.45, 7) is 7.31. The number of piperidine rings is 1. The third-order valence-corrected chi connectivity index (χ3v) is 6.69. The third kappa shape index (κ3) is 10.1. The van der Waals surface area contributed by atoms with Crippen molar-refractivity contribution in [1.29, 1.82) is 10.8 Å². The molecule has 2 aromatic heterocycles. The molecule has 4 aromatic rings. The van der Waals surface area contributed by atoms with E-state index < -0.39 is 0 Å². The Hall–Kier alpha value is -4.30. The number of fused-ring (bicyclic) bond motifs is 1. The molecule has 1 aliphatic rings. The zero-order chi connectivity index (χ0) is 28.6. The normalized spacial score (nSPS) is 12.8. The fraction of sp³-hybridized carbons (Fsp3) is 0.312. The van der Waals surface area contributed by atoms with Gasteiger partial charge in [0.2, 0.25) is 6.41 Å². The molecular weight excluding hydrogens is 498 g/mol. The van der Waals surface area contributed by atoms with Gasteiger partial charge < -0.3 is 20.5 Å². The number of benzene rings is 2. The van der Waals surface area contributed by atoms with E-state index in [0.717, 1.165) is 17.2 Å². The number of aryl methyl sites for hydroxylation is 1. The minimum Gasteiger partial charge on any atom is -0.361 e. The lowest BCUT2D eigenvalue weighted by Gasteiger charge is -2.25. The first-order chi connectivity index (χ1) is 19.5. The quantitative estimate of drug-likeness (QED) is 0.124. The van der Waals surface area contributed by atoms with Crippen molar-refractivity contribution in [3.63, 3.8) is 0 Å². The van der Waals surface area contributed by atoms with Crippen LogP contribution >= 0.6 is 0 Å². The van der Waals surface area contributed by atoms with Gasteiger partial charge in [0.15, 0.2) is 0 Å². The van der Waals surface area contributed by atoms with Crippen LogP contribution in [0, 0.1) is 23.7 Å². The zero-order valence-corrected chi connectivity index (χ0v) is 23.5. The van der Waals surface area contributed by atoms with Crippen LogP contribution in [0.3, 0.4) is 0 Å². The summed E-state index contributed by atoms with van der Waals surface area (Å²) in [5.41, 5.74) is 4.30. The molecule has 0 radical (unpaired) electrons. The third-order valence-electron chi connectivity index (χ3n) is 6.69. The summed E-state index contributed by atoms with van der Waals surface area (Å²) in [6, 6.07) is 23.5. The first-order valence-corrected chi connectivity index (χ1v) is 13.7. The van der Waals surface area contributed by atoms with Gasteiger partial charge in [0, 0.05) is 29.7 Å². The summed E-state index contributed by atoms with van der Waals surface area (Å²) in [5.74, 6) is 1.42. The van der Waals surface area contributed by atoms with E-state index in [-0.39, 0.29) is 12.4 Å². The van der Waals surface area contributed by atoms with Crippen LogP contribution in [0.25, 0.3) is 10.9 Å². The van der Waals surface area contributed by atoms with Crippen molar-refractivity contribution in [1.82, 2.24) is 25.5 Å². The summed E-state index contributed by atoms with van der Waals surface area (Å²) in [4.78, 5) is 19.5. The van der Waals surface area contributed by atoms with E-state index in [9.17, 15) is 4.79 Å². The number of amidine groups is 2. The van der Waals surface area contributed by atoms with Crippen molar-refractivity contribution in [3.05, 3.63) is 102 Å². The summed E-state index contributed by atoms with van der Waals surface area (Å²) in [7, 11) is 0. The molecule has 0 bridgehead atoms. The molecule has 1 fully saturated rings. The smallest absolute Gasteiger partial charge is 0.207 e. The monoisotopic (exact) mass is 539 g/mol. The van der Waals surface area contributed by atoms with E-state index in [2.05, 4.69) is 52.6 Å². The standard InChI is InChI=1S/C17H19N5O.C9H9N.C6H13N/c18-16(10-14-6-2-1-3-7-14)22(17(19)11-20-13-23)12-15-8-4-5-9-21-15;1-7-6-10-9-5-3-2-4-8(7)9;1-6-2-4-7-5-3-6/h1-9,13,18-19H,10-12H2,(H,20,23);2-6,10H,1H3;6-7H,2-5H2,1H3. The van der Waals surface area contributed by atoms with Gasteiger partial charge in [-0.2, -0.15) is 0 Å². The highest BCUT2D eigenvalue weighted by Gasteiger charge is 2.16. The van der Waals surface area contributed by atoms with Gasteiger partial charge >= 0.3 is 0 Å². The number of rotatable bonds is 7. The molecule has 3 heterocycles. The van der Waals surface area contributed by atoms with Gasteiger partial charge in [-0.05, 0) is 68.1 Å². The van der Waals surface area contributed by atoms with Crippen molar-refractivity contribution in [2.45, 2.75) is 39.7 Å². The van der Waals surface area contributed by atoms with Crippen molar-refractivity contribution < 1.29 is 4.79 Å². The molecule has 2 aromatic carbocycles. The molecule has 1 saturated heterocycles. The van der Waals surface area contributed by atoms with Crippen molar-refractivity contribution in [3.8, 4) is 0 Å². The highest BCUT2D eigenvalue weighted by molar-refractivity contribution is 6.00. The lowest BCUT2D eigenvalue weighted by atomic mass is 10.0. The van der Waals surface area contributed by atoms with E-state index in [1.54, 1.807) is 11.1 Å². The van der Waals surface area contributed by atoms with Crippen LogP contribution in [0.5, 0.6) is 0 Å². The molecule has 5 N–H and O–H groups in total. The number of para-hydroxylation sites is 1. The number of nitrogens with one attached hydrogen (secondary N) is 5. The molecule has 0 aliphatic carbocycles. The van der Waals surface area contributed by atoms with Crippen LogP contribution in [0.1, 0.15) is 36.6 Å². The van der Waals surface area contributed by atoms with Crippen LogP contribution in [0.2, 0.25) is 0 Å². The maximum Gasteiger partial charge on any atom is 0.207 e. The SMILES string of the molecule is CC1CCNCC1.Cc1c[nH]c2ccccc12.N=C(CNC=O)N(Cc1ccccn1)C(=N)Cc1ccccc1. The van der Waals surface area contributed by atoms with Gasteiger partial charge in [0.05, 0.1) is 18.8 Å². The van der Waals surface area contributed by atoms with Gasteiger partial charge in [-0.1, -0.05) is 61.5 Å². The zero-order valence-electron chi connectivity index (χ0n) is 23.5. The second-order valence-corrected chi connectivity index (χ2v) is 9.91. The van der Waals surface area contributed by atoms with Crippen LogP contribution in [0.15, 0.2) is 85.2 Å². The number of H-pyrrole nitrogens is 1. The molecule has 1 aliphatic heterocycles. The fourth-order valence-corrected chi connectivity index (χ4v) is 4.31. The summed E-state index contributed by atoms with van der Waals surface area (Å²) >= 11 is 0. The minimum absolute atomic E-state index is 0.0769. The number of aromatic nitrogens is 2. The number of nitrogens with zero attached hydrogens (tertiary/aromatic N) is 2. The Morgan fingerprint density at radius 3 is 2.33 bits per heavy atom. The maximum absolute atomic E-state index is 10.5. The van der Waals surface area contributed by atoms with Crippen LogP contribution in [-0.2, 0) is 17.8 Å². The molecule has 0 spiro atoms. The van der Waals surface area contributed by atoms with Crippen molar-refractivity contribution in [2.75, 3.05) is 19.6 Å². The Morgan fingerprint density at radius 1 is 1.00 bits per heavy atom. The van der Waals surface area contributed by atoms with Gasteiger partial charge in [-0.15, -0.1) is 0 Å². The molecular formula is C32H41N7O. The first-order valence-electron chi connectivity index (χ1n) is 13.7. The number of amides is 1. The predicted molar refractivity (Wildman–Crippen MR) is 164 cm³/mol. The highest BCUT2D eigenvalue weighted by atomic mass is 16.1. The van der Waals surface area contributed by atoms with Crippen LogP contribution in [-0.4, -0.2) is 52.6 Å². The maximum atomic E-state index is 10.5. The molecule has 0 saturated carbocycles. The molecule has 8 heteroatoms. The molecule has 5 rings (SSSR count). The van der Waals surface area contributed by atoms with Gasteiger partial charge in [0.1, 0.15) is 11.7 Å². The molecule has 8 nitrogen and oxygen atoms in total. The average Bonchev–Trinajstić information content (AvgIpc) is 3.37. The Bertz CT molecular complexity index is 1310. The number of pyridine rings is 1. The van der Waals surface area contributed by atoms with E-state index >= 15 is 0 Å². The van der Waals surface area contributed by atoms with E-state index in [1.165, 1.54) is 42.4 Å². The summed E-state index contributed by atoms with van der Waals surface area (Å²) in [6.07, 6.45) is 7.43. The Morgan fingerprint density at radius 2 is 1.70 bits per heavy atom. The largest absolute Gasteiger partial charge is 0.361 e. The minimum atomic E-state index is 0.0769. The number of hydrogen-bond donors (Lipinski definition) is 5. The Balaban J connectivity index is 0.000000209. The second kappa shape index (κ2) is 16.6. The molecule has 0 atom stereocenters. The van der Waals surface area contributed by atoms with Gasteiger partial charge in [-0.3, -0.25) is 20.6 Å². The second-order valence-electron chi connectivity index (χ2n) is 9.91. The molecule has 210 valence electrons. The van der Waals surface area contributed by atoms with Crippen molar-refractivity contribution >= 4 is 29.0 Å². The lowest BCUT2D eigenvalue weighted by Crippen LogP contribution is -2.41. The number of aromatic amines is 1. The molecule has 1 amide bonds. The van der Waals surface area contributed by atoms with Crippen molar-refractivity contribution in [2.24, 2.45) is 5.92 Å². The van der Waals surface area contributed by atoms with E-state index in [1.807, 2.05) is 60.8 Å². The lowest BCUT2D eigenvalue weighted by molar-refractivity contribution is -0.109. The van der Waals surface area contributed by atoms with Gasteiger partial charge in [0.25, 0.3) is 0 Å². The van der Waals surface area contributed by atoms with E-state index in [0.29, 0.717) is 25.2 Å². The topological polar surface area (TPSA) is 121 Å².